The molecular formula is C14H19N3O2. The lowest BCUT2D eigenvalue weighted by atomic mass is 10.1. The van der Waals surface area contributed by atoms with E-state index in [1.54, 1.807) is 7.11 Å². The van der Waals surface area contributed by atoms with Crippen LogP contribution in [0.4, 0.5) is 0 Å². The third-order valence-corrected chi connectivity index (χ3v) is 3.09. The Morgan fingerprint density at radius 2 is 2.32 bits per heavy atom. The van der Waals surface area contributed by atoms with E-state index < -0.39 is 0 Å². The highest BCUT2D eigenvalue weighted by Gasteiger charge is 2.11. The normalized spacial score (nSPS) is 12.4. The van der Waals surface area contributed by atoms with Crippen LogP contribution in [0.25, 0.3) is 10.9 Å². The highest BCUT2D eigenvalue weighted by Crippen LogP contribution is 2.23. The fraction of sp³-hybridized carbons (Fsp3) is 0.357. The number of nitrogens with one attached hydrogen (secondary N) is 2. The van der Waals surface area contributed by atoms with Gasteiger partial charge in [-0.25, -0.2) is 0 Å². The Labute approximate surface area is 112 Å². The summed E-state index contributed by atoms with van der Waals surface area (Å²) in [6.45, 7) is 2.33. The van der Waals surface area contributed by atoms with E-state index in [9.17, 15) is 4.79 Å². The van der Waals surface area contributed by atoms with Gasteiger partial charge < -0.3 is 20.8 Å². The number of H-pyrrole nitrogens is 1. The quantitative estimate of drug-likeness (QED) is 0.756. The Hall–Kier alpha value is -2.01. The Bertz CT molecular complexity index is 577. The van der Waals surface area contributed by atoms with Crippen LogP contribution in [0.5, 0.6) is 5.75 Å². The fourth-order valence-corrected chi connectivity index (χ4v) is 2.00. The van der Waals surface area contributed by atoms with Gasteiger partial charge in [-0.1, -0.05) is 0 Å². The van der Waals surface area contributed by atoms with Crippen molar-refractivity contribution in [2.45, 2.75) is 19.4 Å². The predicted molar refractivity (Wildman–Crippen MR) is 75.2 cm³/mol. The van der Waals surface area contributed by atoms with Gasteiger partial charge in [0.2, 0.25) is 5.91 Å². The highest BCUT2D eigenvalue weighted by molar-refractivity contribution is 5.89. The van der Waals surface area contributed by atoms with E-state index >= 15 is 0 Å². The number of carbonyl (C=O) groups is 1. The summed E-state index contributed by atoms with van der Waals surface area (Å²) in [4.78, 5) is 15.0. The number of amides is 1. The minimum Gasteiger partial charge on any atom is -0.497 e. The van der Waals surface area contributed by atoms with E-state index in [4.69, 9.17) is 10.5 Å². The van der Waals surface area contributed by atoms with Crippen LogP contribution in [0.3, 0.4) is 0 Å². The molecule has 2 rings (SSSR count). The standard InChI is InChI=1S/C14H19N3O2/c1-9(7-15)17-14(18)5-10-8-16-13-6-11(19-2)3-4-12(10)13/h3-4,6,8-9,16H,5,7,15H2,1-2H3,(H,17,18). The maximum Gasteiger partial charge on any atom is 0.224 e. The number of hydrogen-bond donors (Lipinski definition) is 3. The van der Waals surface area contributed by atoms with Crippen molar-refractivity contribution in [3.8, 4) is 5.75 Å². The van der Waals surface area contributed by atoms with Crippen LogP contribution >= 0.6 is 0 Å². The lowest BCUT2D eigenvalue weighted by molar-refractivity contribution is -0.120. The van der Waals surface area contributed by atoms with Gasteiger partial charge in [-0.15, -0.1) is 0 Å². The SMILES string of the molecule is COc1ccc2c(CC(=O)NC(C)CN)c[nH]c2c1. The number of methoxy groups -OCH3 is 1. The van der Waals surface area contributed by atoms with E-state index in [0.29, 0.717) is 13.0 Å². The zero-order valence-electron chi connectivity index (χ0n) is 11.2. The van der Waals surface area contributed by atoms with Crippen molar-refractivity contribution in [3.05, 3.63) is 30.0 Å². The van der Waals surface area contributed by atoms with Crippen molar-refractivity contribution in [2.24, 2.45) is 5.73 Å². The summed E-state index contributed by atoms with van der Waals surface area (Å²) < 4.78 is 5.17. The number of ether oxygens (including phenoxy) is 1. The average Bonchev–Trinajstić information content (AvgIpc) is 2.80. The zero-order chi connectivity index (χ0) is 13.8. The van der Waals surface area contributed by atoms with Crippen molar-refractivity contribution in [1.82, 2.24) is 10.3 Å². The maximum atomic E-state index is 11.8. The molecule has 0 aliphatic heterocycles. The molecule has 1 unspecified atom stereocenters. The number of hydrogen-bond acceptors (Lipinski definition) is 3. The summed E-state index contributed by atoms with van der Waals surface area (Å²) in [5.41, 5.74) is 7.42. The molecule has 0 fully saturated rings. The van der Waals surface area contributed by atoms with E-state index in [2.05, 4.69) is 10.3 Å². The van der Waals surface area contributed by atoms with Crippen LogP contribution in [-0.4, -0.2) is 30.6 Å². The third kappa shape index (κ3) is 3.06. The molecule has 0 radical (unpaired) electrons. The van der Waals surface area contributed by atoms with Gasteiger partial charge in [0.15, 0.2) is 0 Å². The topological polar surface area (TPSA) is 80.1 Å². The molecule has 19 heavy (non-hydrogen) atoms. The number of benzene rings is 1. The Kier molecular flexibility index (Phi) is 4.06. The minimum atomic E-state index is -0.0188. The van der Waals surface area contributed by atoms with Gasteiger partial charge in [-0.3, -0.25) is 4.79 Å². The van der Waals surface area contributed by atoms with E-state index in [0.717, 1.165) is 22.2 Å². The molecular weight excluding hydrogens is 242 g/mol. The van der Waals surface area contributed by atoms with Gasteiger partial charge in [0.1, 0.15) is 5.75 Å². The van der Waals surface area contributed by atoms with Gasteiger partial charge in [-0.2, -0.15) is 0 Å². The van der Waals surface area contributed by atoms with Gasteiger partial charge in [0, 0.05) is 35.8 Å². The molecule has 0 saturated carbocycles. The van der Waals surface area contributed by atoms with E-state index in [1.165, 1.54) is 0 Å². The largest absolute Gasteiger partial charge is 0.497 e. The van der Waals surface area contributed by atoms with Crippen molar-refractivity contribution in [1.29, 1.82) is 0 Å². The smallest absolute Gasteiger partial charge is 0.224 e. The van der Waals surface area contributed by atoms with Crippen molar-refractivity contribution in [2.75, 3.05) is 13.7 Å². The predicted octanol–water partition coefficient (Wildman–Crippen LogP) is 1.18. The Morgan fingerprint density at radius 3 is 3.00 bits per heavy atom. The zero-order valence-corrected chi connectivity index (χ0v) is 11.2. The molecule has 4 N–H and O–H groups in total. The lowest BCUT2D eigenvalue weighted by Gasteiger charge is -2.10. The molecule has 0 aliphatic rings. The van der Waals surface area contributed by atoms with Crippen molar-refractivity contribution < 1.29 is 9.53 Å². The van der Waals surface area contributed by atoms with Crippen LogP contribution in [0, 0.1) is 0 Å². The van der Waals surface area contributed by atoms with Crippen LogP contribution in [0.1, 0.15) is 12.5 Å². The van der Waals surface area contributed by atoms with Gasteiger partial charge in [-0.05, 0) is 24.6 Å². The number of carbonyl (C=O) groups excluding carboxylic acids is 1. The monoisotopic (exact) mass is 261 g/mol. The van der Waals surface area contributed by atoms with Crippen LogP contribution < -0.4 is 15.8 Å². The summed E-state index contributed by atoms with van der Waals surface area (Å²) in [7, 11) is 1.63. The number of nitrogens with two attached hydrogens (primary N) is 1. The summed E-state index contributed by atoms with van der Waals surface area (Å²) in [5, 5.41) is 3.89. The van der Waals surface area contributed by atoms with Crippen molar-refractivity contribution in [3.63, 3.8) is 0 Å². The average molecular weight is 261 g/mol. The van der Waals surface area contributed by atoms with E-state index in [1.807, 2.05) is 31.3 Å². The van der Waals surface area contributed by atoms with E-state index in [-0.39, 0.29) is 11.9 Å². The highest BCUT2D eigenvalue weighted by atomic mass is 16.5. The molecule has 2 aromatic rings. The third-order valence-electron chi connectivity index (χ3n) is 3.09. The van der Waals surface area contributed by atoms with Crippen LogP contribution in [-0.2, 0) is 11.2 Å². The van der Waals surface area contributed by atoms with Crippen LogP contribution in [0.15, 0.2) is 24.4 Å². The Morgan fingerprint density at radius 1 is 1.53 bits per heavy atom. The molecule has 1 aromatic carbocycles. The molecule has 5 nitrogen and oxygen atoms in total. The molecule has 102 valence electrons. The molecule has 5 heteroatoms. The summed E-state index contributed by atoms with van der Waals surface area (Å²) in [6.07, 6.45) is 2.20. The lowest BCUT2D eigenvalue weighted by Crippen LogP contribution is -2.38. The van der Waals surface area contributed by atoms with Gasteiger partial charge >= 0.3 is 0 Å². The maximum absolute atomic E-state index is 11.8. The molecule has 0 spiro atoms. The number of aromatic nitrogens is 1. The second-order valence-electron chi connectivity index (χ2n) is 4.61. The Balaban J connectivity index is 2.15. The summed E-state index contributed by atoms with van der Waals surface area (Å²) in [5.74, 6) is 0.775. The molecule has 1 amide bonds. The molecule has 0 saturated heterocycles. The second-order valence-corrected chi connectivity index (χ2v) is 4.61. The molecule has 1 aromatic heterocycles. The van der Waals surface area contributed by atoms with Gasteiger partial charge in [0.05, 0.1) is 13.5 Å². The number of fused-ring (bicyclic) bond motifs is 1. The molecule has 0 bridgehead atoms. The van der Waals surface area contributed by atoms with Crippen LogP contribution in [0.2, 0.25) is 0 Å². The van der Waals surface area contributed by atoms with Crippen molar-refractivity contribution >= 4 is 16.8 Å². The number of rotatable bonds is 5. The molecule has 0 aliphatic carbocycles. The first-order valence-electron chi connectivity index (χ1n) is 6.27. The molecule has 1 heterocycles. The first-order chi connectivity index (χ1) is 9.13. The summed E-state index contributed by atoms with van der Waals surface area (Å²) >= 11 is 0. The second kappa shape index (κ2) is 5.75. The first kappa shape index (κ1) is 13.4. The molecule has 1 atom stereocenters. The minimum absolute atomic E-state index is 0.00204. The van der Waals surface area contributed by atoms with Gasteiger partial charge in [0.25, 0.3) is 0 Å². The number of aromatic amines is 1. The fourth-order valence-electron chi connectivity index (χ4n) is 2.00. The summed E-state index contributed by atoms with van der Waals surface area (Å²) in [6, 6.07) is 5.76. The first-order valence-corrected chi connectivity index (χ1v) is 6.27.